The van der Waals surface area contributed by atoms with E-state index in [9.17, 15) is 4.39 Å². The summed E-state index contributed by atoms with van der Waals surface area (Å²) in [6.45, 7) is 3.21. The normalized spacial score (nSPS) is 10.5. The molecule has 1 heterocycles. The molecule has 0 bridgehead atoms. The fraction of sp³-hybridized carbons (Fsp3) is 0.286. The molecule has 19 heavy (non-hydrogen) atoms. The van der Waals surface area contributed by atoms with E-state index in [1.807, 2.05) is 17.9 Å². The average molecular weight is 260 g/mol. The van der Waals surface area contributed by atoms with Gasteiger partial charge in [-0.1, -0.05) is 6.07 Å². The second kappa shape index (κ2) is 6.24. The summed E-state index contributed by atoms with van der Waals surface area (Å²) in [5.41, 5.74) is 7.23. The van der Waals surface area contributed by atoms with Crippen LogP contribution in [0.4, 0.5) is 16.0 Å². The van der Waals surface area contributed by atoms with Gasteiger partial charge in [0.1, 0.15) is 5.82 Å². The minimum Gasteiger partial charge on any atom is -0.330 e. The molecule has 100 valence electrons. The van der Waals surface area contributed by atoms with Gasteiger partial charge in [0.2, 0.25) is 5.95 Å². The molecule has 0 saturated carbocycles. The Morgan fingerprint density at radius 3 is 2.58 bits per heavy atom. The highest BCUT2D eigenvalue weighted by Gasteiger charge is 2.10. The van der Waals surface area contributed by atoms with E-state index in [1.54, 1.807) is 18.5 Å². The van der Waals surface area contributed by atoms with Crippen molar-refractivity contribution in [3.63, 3.8) is 0 Å². The zero-order chi connectivity index (χ0) is 13.7. The second-order valence-electron chi connectivity index (χ2n) is 4.15. The summed E-state index contributed by atoms with van der Waals surface area (Å²) in [4.78, 5) is 10.5. The standard InChI is InChI=1S/C14H17FN4/c1-2-19(13-5-3-4-12(15)8-13)14-17-9-11(6-7-16)10-18-14/h3-5,8-10H,2,6-7,16H2,1H3. The molecular formula is C14H17FN4. The third-order valence-electron chi connectivity index (χ3n) is 2.80. The van der Waals surface area contributed by atoms with Crippen LogP contribution in [0.5, 0.6) is 0 Å². The lowest BCUT2D eigenvalue weighted by atomic mass is 10.2. The zero-order valence-corrected chi connectivity index (χ0v) is 10.9. The molecule has 0 atom stereocenters. The molecule has 2 N–H and O–H groups in total. The van der Waals surface area contributed by atoms with Crippen molar-refractivity contribution in [1.29, 1.82) is 0 Å². The molecule has 5 heteroatoms. The number of nitrogens with two attached hydrogens (primary N) is 1. The molecular weight excluding hydrogens is 243 g/mol. The molecule has 0 fully saturated rings. The van der Waals surface area contributed by atoms with Crippen molar-refractivity contribution < 1.29 is 4.39 Å². The molecule has 0 aliphatic rings. The van der Waals surface area contributed by atoms with Gasteiger partial charge in [0.25, 0.3) is 0 Å². The van der Waals surface area contributed by atoms with Crippen molar-refractivity contribution in [2.45, 2.75) is 13.3 Å². The van der Waals surface area contributed by atoms with Gasteiger partial charge in [-0.05, 0) is 43.7 Å². The Balaban J connectivity index is 2.26. The van der Waals surface area contributed by atoms with Crippen LogP contribution in [0.2, 0.25) is 0 Å². The van der Waals surface area contributed by atoms with E-state index in [4.69, 9.17) is 5.73 Å². The summed E-state index contributed by atoms with van der Waals surface area (Å²) >= 11 is 0. The van der Waals surface area contributed by atoms with Crippen LogP contribution in [-0.2, 0) is 6.42 Å². The van der Waals surface area contributed by atoms with Crippen molar-refractivity contribution in [3.05, 3.63) is 48.0 Å². The Hall–Kier alpha value is -2.01. The van der Waals surface area contributed by atoms with Crippen LogP contribution >= 0.6 is 0 Å². The lowest BCUT2D eigenvalue weighted by Gasteiger charge is -2.20. The van der Waals surface area contributed by atoms with Crippen LogP contribution in [0.1, 0.15) is 12.5 Å². The molecule has 4 nitrogen and oxygen atoms in total. The summed E-state index contributed by atoms with van der Waals surface area (Å²) in [7, 11) is 0. The molecule has 1 aromatic heterocycles. The number of rotatable bonds is 5. The number of halogens is 1. The van der Waals surface area contributed by atoms with Crippen molar-refractivity contribution in [2.75, 3.05) is 18.0 Å². The van der Waals surface area contributed by atoms with E-state index in [2.05, 4.69) is 9.97 Å². The lowest BCUT2D eigenvalue weighted by Crippen LogP contribution is -2.19. The summed E-state index contributed by atoms with van der Waals surface area (Å²) in [5, 5.41) is 0. The van der Waals surface area contributed by atoms with Gasteiger partial charge in [-0.25, -0.2) is 14.4 Å². The highest BCUT2D eigenvalue weighted by molar-refractivity contribution is 5.56. The predicted molar refractivity (Wildman–Crippen MR) is 73.9 cm³/mol. The number of hydrogen-bond donors (Lipinski definition) is 1. The van der Waals surface area contributed by atoms with E-state index in [1.165, 1.54) is 12.1 Å². The Labute approximate surface area is 112 Å². The van der Waals surface area contributed by atoms with E-state index in [0.717, 1.165) is 17.7 Å². The van der Waals surface area contributed by atoms with Gasteiger partial charge < -0.3 is 10.6 Å². The second-order valence-corrected chi connectivity index (χ2v) is 4.15. The maximum Gasteiger partial charge on any atom is 0.229 e. The maximum atomic E-state index is 13.3. The van der Waals surface area contributed by atoms with Crippen LogP contribution in [0, 0.1) is 5.82 Å². The van der Waals surface area contributed by atoms with Crippen molar-refractivity contribution in [1.82, 2.24) is 9.97 Å². The zero-order valence-electron chi connectivity index (χ0n) is 10.9. The predicted octanol–water partition coefficient (Wildman–Crippen LogP) is 2.27. The van der Waals surface area contributed by atoms with E-state index in [-0.39, 0.29) is 5.82 Å². The van der Waals surface area contributed by atoms with E-state index in [0.29, 0.717) is 19.0 Å². The summed E-state index contributed by atoms with van der Waals surface area (Å²) in [6.07, 6.45) is 4.28. The smallest absolute Gasteiger partial charge is 0.229 e. The van der Waals surface area contributed by atoms with Crippen molar-refractivity contribution in [3.8, 4) is 0 Å². The molecule has 0 spiro atoms. The van der Waals surface area contributed by atoms with E-state index >= 15 is 0 Å². The molecule has 0 amide bonds. The molecule has 0 aliphatic heterocycles. The SMILES string of the molecule is CCN(c1cccc(F)c1)c1ncc(CCN)cn1. The molecule has 1 aromatic carbocycles. The van der Waals surface area contributed by atoms with Gasteiger partial charge in [0.05, 0.1) is 0 Å². The van der Waals surface area contributed by atoms with Crippen molar-refractivity contribution >= 4 is 11.6 Å². The minimum absolute atomic E-state index is 0.268. The third-order valence-corrected chi connectivity index (χ3v) is 2.80. The van der Waals surface area contributed by atoms with E-state index < -0.39 is 0 Å². The van der Waals surface area contributed by atoms with Gasteiger partial charge in [-0.3, -0.25) is 0 Å². The fourth-order valence-corrected chi connectivity index (χ4v) is 1.87. The Bertz CT molecular complexity index is 527. The summed E-state index contributed by atoms with van der Waals surface area (Å²) in [5.74, 6) is 0.296. The highest BCUT2D eigenvalue weighted by Crippen LogP contribution is 2.22. The van der Waals surface area contributed by atoms with Gasteiger partial charge in [-0.15, -0.1) is 0 Å². The number of aromatic nitrogens is 2. The first-order chi connectivity index (χ1) is 9.24. The first-order valence-corrected chi connectivity index (χ1v) is 6.28. The maximum absolute atomic E-state index is 13.3. The fourth-order valence-electron chi connectivity index (χ4n) is 1.87. The van der Waals surface area contributed by atoms with Crippen LogP contribution in [0.25, 0.3) is 0 Å². The number of hydrogen-bond acceptors (Lipinski definition) is 4. The van der Waals surface area contributed by atoms with Crippen molar-refractivity contribution in [2.24, 2.45) is 5.73 Å². The third kappa shape index (κ3) is 3.26. The molecule has 0 radical (unpaired) electrons. The molecule has 0 saturated heterocycles. The Kier molecular flexibility index (Phi) is 4.41. The molecule has 2 rings (SSSR count). The Morgan fingerprint density at radius 1 is 1.26 bits per heavy atom. The quantitative estimate of drug-likeness (QED) is 0.896. The summed E-state index contributed by atoms with van der Waals surface area (Å²) in [6, 6.07) is 6.41. The first-order valence-electron chi connectivity index (χ1n) is 6.28. The van der Waals surface area contributed by atoms with Crippen LogP contribution < -0.4 is 10.6 Å². The lowest BCUT2D eigenvalue weighted by molar-refractivity contribution is 0.627. The molecule has 0 unspecified atom stereocenters. The average Bonchev–Trinajstić information content (AvgIpc) is 2.42. The highest BCUT2D eigenvalue weighted by atomic mass is 19.1. The van der Waals surface area contributed by atoms with Crippen LogP contribution in [-0.4, -0.2) is 23.1 Å². The van der Waals surface area contributed by atoms with Crippen LogP contribution in [0.15, 0.2) is 36.7 Å². The number of nitrogens with zero attached hydrogens (tertiary/aromatic N) is 3. The number of benzene rings is 1. The Morgan fingerprint density at radius 2 is 2.00 bits per heavy atom. The minimum atomic E-state index is -0.268. The molecule has 0 aliphatic carbocycles. The largest absolute Gasteiger partial charge is 0.330 e. The first kappa shape index (κ1) is 13.4. The monoisotopic (exact) mass is 260 g/mol. The van der Waals surface area contributed by atoms with Gasteiger partial charge >= 0.3 is 0 Å². The molecule has 2 aromatic rings. The van der Waals surface area contributed by atoms with Gasteiger partial charge in [-0.2, -0.15) is 0 Å². The summed E-state index contributed by atoms with van der Waals surface area (Å²) < 4.78 is 13.3. The number of anilines is 2. The van der Waals surface area contributed by atoms with Gasteiger partial charge in [0, 0.05) is 24.6 Å². The topological polar surface area (TPSA) is 55.0 Å². The van der Waals surface area contributed by atoms with Crippen LogP contribution in [0.3, 0.4) is 0 Å². The van der Waals surface area contributed by atoms with Gasteiger partial charge in [0.15, 0.2) is 0 Å².